The van der Waals surface area contributed by atoms with Crippen LogP contribution in [0.1, 0.15) is 37.3 Å². The average molecular weight is 286 g/mol. The summed E-state index contributed by atoms with van der Waals surface area (Å²) in [5.74, 6) is 0.287. The lowest BCUT2D eigenvalue weighted by Gasteiger charge is -2.46. The van der Waals surface area contributed by atoms with Crippen LogP contribution < -0.4 is 5.73 Å². The Morgan fingerprint density at radius 2 is 2.00 bits per heavy atom. The Kier molecular flexibility index (Phi) is 4.56. The molecule has 2 aliphatic heterocycles. The Morgan fingerprint density at radius 1 is 1.19 bits per heavy atom. The second kappa shape index (κ2) is 6.58. The zero-order valence-corrected chi connectivity index (χ0v) is 12.7. The number of benzene rings is 1. The number of amidine groups is 1. The molecule has 3 rings (SSSR count). The summed E-state index contributed by atoms with van der Waals surface area (Å²) in [5.41, 5.74) is 7.00. The number of piperidine rings is 1. The van der Waals surface area contributed by atoms with Crippen LogP contribution in [-0.4, -0.2) is 47.9 Å². The Balaban J connectivity index is 1.75. The van der Waals surface area contributed by atoms with Gasteiger partial charge < -0.3 is 5.73 Å². The first-order valence-electron chi connectivity index (χ1n) is 8.10. The van der Waals surface area contributed by atoms with Gasteiger partial charge in [0.15, 0.2) is 0 Å². The SMILES string of the molecule is N=C(N)CC(c1ccccc1)N1CCN2CCCCC2C1. The monoisotopic (exact) mass is 286 g/mol. The van der Waals surface area contributed by atoms with E-state index in [0.29, 0.717) is 12.5 Å². The molecule has 0 bridgehead atoms. The zero-order chi connectivity index (χ0) is 14.7. The molecule has 21 heavy (non-hydrogen) atoms. The molecule has 1 aromatic rings. The van der Waals surface area contributed by atoms with E-state index < -0.39 is 0 Å². The van der Waals surface area contributed by atoms with E-state index >= 15 is 0 Å². The smallest absolute Gasteiger partial charge is 0.0924 e. The van der Waals surface area contributed by atoms with Gasteiger partial charge in [-0.15, -0.1) is 0 Å². The van der Waals surface area contributed by atoms with Gasteiger partial charge in [0.05, 0.1) is 5.84 Å². The fourth-order valence-electron chi connectivity index (χ4n) is 3.80. The minimum Gasteiger partial charge on any atom is -0.388 e. The quantitative estimate of drug-likeness (QED) is 0.659. The first-order chi connectivity index (χ1) is 10.2. The number of nitrogens with zero attached hydrogens (tertiary/aromatic N) is 2. The Morgan fingerprint density at radius 3 is 2.76 bits per heavy atom. The predicted octanol–water partition coefficient (Wildman–Crippen LogP) is 2.22. The summed E-state index contributed by atoms with van der Waals surface area (Å²) in [6, 6.07) is 11.5. The molecule has 4 heteroatoms. The van der Waals surface area contributed by atoms with Crippen LogP contribution in [0.15, 0.2) is 30.3 Å². The third-order valence-corrected chi connectivity index (χ3v) is 4.91. The molecular weight excluding hydrogens is 260 g/mol. The van der Waals surface area contributed by atoms with Gasteiger partial charge in [-0.3, -0.25) is 15.2 Å². The molecule has 3 N–H and O–H groups in total. The zero-order valence-electron chi connectivity index (χ0n) is 12.7. The summed E-state index contributed by atoms with van der Waals surface area (Å²) in [6.07, 6.45) is 4.67. The molecule has 2 unspecified atom stereocenters. The Labute approximate surface area is 127 Å². The van der Waals surface area contributed by atoms with E-state index in [4.69, 9.17) is 11.1 Å². The first kappa shape index (κ1) is 14.5. The highest BCUT2D eigenvalue weighted by Gasteiger charge is 2.32. The summed E-state index contributed by atoms with van der Waals surface area (Å²) in [7, 11) is 0. The van der Waals surface area contributed by atoms with Gasteiger partial charge in [-0.25, -0.2) is 0 Å². The van der Waals surface area contributed by atoms with Gasteiger partial charge in [-0.2, -0.15) is 0 Å². The number of hydrogen-bond acceptors (Lipinski definition) is 3. The highest BCUT2D eigenvalue weighted by atomic mass is 15.3. The Bertz CT molecular complexity index is 473. The van der Waals surface area contributed by atoms with Gasteiger partial charge in [0.25, 0.3) is 0 Å². The lowest BCUT2D eigenvalue weighted by Crippen LogP contribution is -2.55. The number of fused-ring (bicyclic) bond motifs is 1. The normalized spacial score (nSPS) is 25.2. The lowest BCUT2D eigenvalue weighted by atomic mass is 9.95. The third-order valence-electron chi connectivity index (χ3n) is 4.91. The number of nitrogens with two attached hydrogens (primary N) is 1. The van der Waals surface area contributed by atoms with Crippen LogP contribution in [-0.2, 0) is 0 Å². The third kappa shape index (κ3) is 3.44. The number of rotatable bonds is 4. The van der Waals surface area contributed by atoms with E-state index in [1.807, 2.05) is 6.07 Å². The molecule has 114 valence electrons. The first-order valence-corrected chi connectivity index (χ1v) is 8.10. The maximum Gasteiger partial charge on any atom is 0.0924 e. The van der Waals surface area contributed by atoms with Gasteiger partial charge in [0.1, 0.15) is 0 Å². The molecule has 2 aliphatic rings. The van der Waals surface area contributed by atoms with Crippen LogP contribution in [0.5, 0.6) is 0 Å². The molecule has 0 amide bonds. The fourth-order valence-corrected chi connectivity index (χ4v) is 3.80. The summed E-state index contributed by atoms with van der Waals surface area (Å²) in [5, 5.41) is 7.72. The van der Waals surface area contributed by atoms with Crippen molar-refractivity contribution in [3.05, 3.63) is 35.9 Å². The molecule has 0 spiro atoms. The molecule has 0 aromatic heterocycles. The van der Waals surface area contributed by atoms with Crippen LogP contribution >= 0.6 is 0 Å². The highest BCUT2D eigenvalue weighted by Crippen LogP contribution is 2.29. The fraction of sp³-hybridized carbons (Fsp3) is 0.588. The van der Waals surface area contributed by atoms with Gasteiger partial charge in [0, 0.05) is 38.1 Å². The molecule has 1 aromatic carbocycles. The van der Waals surface area contributed by atoms with Crippen molar-refractivity contribution >= 4 is 5.84 Å². The van der Waals surface area contributed by atoms with Gasteiger partial charge >= 0.3 is 0 Å². The van der Waals surface area contributed by atoms with E-state index in [-0.39, 0.29) is 11.9 Å². The highest BCUT2D eigenvalue weighted by molar-refractivity contribution is 5.77. The largest absolute Gasteiger partial charge is 0.388 e. The van der Waals surface area contributed by atoms with Crippen LogP contribution in [0, 0.1) is 5.41 Å². The lowest BCUT2D eigenvalue weighted by molar-refractivity contribution is 0.0281. The summed E-state index contributed by atoms with van der Waals surface area (Å²) in [6.45, 7) is 4.63. The second-order valence-corrected chi connectivity index (χ2v) is 6.34. The van der Waals surface area contributed by atoms with Crippen molar-refractivity contribution in [1.29, 1.82) is 5.41 Å². The van der Waals surface area contributed by atoms with Crippen molar-refractivity contribution in [2.75, 3.05) is 26.2 Å². The van der Waals surface area contributed by atoms with Gasteiger partial charge in [-0.1, -0.05) is 36.8 Å². The molecule has 0 saturated carbocycles. The average Bonchev–Trinajstić information content (AvgIpc) is 2.53. The molecule has 2 heterocycles. The summed E-state index contributed by atoms with van der Waals surface area (Å²) >= 11 is 0. The molecule has 2 saturated heterocycles. The van der Waals surface area contributed by atoms with E-state index in [1.54, 1.807) is 0 Å². The van der Waals surface area contributed by atoms with Crippen LogP contribution in [0.3, 0.4) is 0 Å². The molecule has 0 radical (unpaired) electrons. The minimum atomic E-state index is 0.257. The molecule has 0 aliphatic carbocycles. The van der Waals surface area contributed by atoms with Crippen molar-refractivity contribution in [1.82, 2.24) is 9.80 Å². The Hall–Kier alpha value is -1.39. The van der Waals surface area contributed by atoms with Gasteiger partial charge in [-0.05, 0) is 24.9 Å². The van der Waals surface area contributed by atoms with Crippen LogP contribution in [0.4, 0.5) is 0 Å². The summed E-state index contributed by atoms with van der Waals surface area (Å²) < 4.78 is 0. The van der Waals surface area contributed by atoms with E-state index in [2.05, 4.69) is 34.1 Å². The van der Waals surface area contributed by atoms with Crippen molar-refractivity contribution in [2.45, 2.75) is 37.8 Å². The topological polar surface area (TPSA) is 56.4 Å². The van der Waals surface area contributed by atoms with E-state index in [0.717, 1.165) is 19.6 Å². The standard InChI is InChI=1S/C17H26N4/c18-17(19)12-16(14-6-2-1-3-7-14)21-11-10-20-9-5-4-8-15(20)13-21/h1-3,6-7,15-16H,4-5,8-13H2,(H3,18,19). The second-order valence-electron chi connectivity index (χ2n) is 6.34. The number of nitrogens with one attached hydrogen (secondary N) is 1. The van der Waals surface area contributed by atoms with Crippen molar-refractivity contribution in [3.63, 3.8) is 0 Å². The maximum absolute atomic E-state index is 7.72. The number of hydrogen-bond donors (Lipinski definition) is 2. The van der Waals surface area contributed by atoms with Gasteiger partial charge in [0.2, 0.25) is 0 Å². The number of piperazine rings is 1. The maximum atomic E-state index is 7.72. The molecule has 4 nitrogen and oxygen atoms in total. The van der Waals surface area contributed by atoms with E-state index in [9.17, 15) is 0 Å². The van der Waals surface area contributed by atoms with Crippen molar-refractivity contribution < 1.29 is 0 Å². The summed E-state index contributed by atoms with van der Waals surface area (Å²) in [4.78, 5) is 5.19. The van der Waals surface area contributed by atoms with Crippen LogP contribution in [0.25, 0.3) is 0 Å². The van der Waals surface area contributed by atoms with Crippen molar-refractivity contribution in [2.24, 2.45) is 5.73 Å². The minimum absolute atomic E-state index is 0.257. The van der Waals surface area contributed by atoms with Crippen LogP contribution in [0.2, 0.25) is 0 Å². The molecule has 2 fully saturated rings. The van der Waals surface area contributed by atoms with Crippen molar-refractivity contribution in [3.8, 4) is 0 Å². The molecule has 2 atom stereocenters. The predicted molar refractivity (Wildman–Crippen MR) is 86.5 cm³/mol. The molecular formula is C17H26N4. The van der Waals surface area contributed by atoms with E-state index in [1.165, 1.54) is 31.4 Å².